The van der Waals surface area contributed by atoms with Gasteiger partial charge in [0.2, 0.25) is 5.91 Å². The molecular formula is C39H69NO3. The van der Waals surface area contributed by atoms with Crippen molar-refractivity contribution >= 4 is 5.91 Å². The highest BCUT2D eigenvalue weighted by atomic mass is 16.3. The number of rotatable bonds is 31. The lowest BCUT2D eigenvalue weighted by molar-refractivity contribution is -0.123. The third kappa shape index (κ3) is 31.3. The highest BCUT2D eigenvalue weighted by Crippen LogP contribution is 2.13. The van der Waals surface area contributed by atoms with Crippen molar-refractivity contribution in [1.82, 2.24) is 5.32 Å². The molecule has 1 amide bonds. The summed E-state index contributed by atoms with van der Waals surface area (Å²) in [6.07, 6.45) is 47.5. The standard InChI is InChI=1S/C39H69NO3/c1-3-5-7-9-10-11-12-13-14-15-16-17-18-19-20-21-22-23-24-25-26-27-28-29-30-31-33-35-39(43)40-37(36-41)38(42)34-32-8-6-4-2/h5,7,10-11,13-14,16-17,19-20,37-38,41-42H,3-4,6,8-9,12,15,18,21-36H2,1-2H3,(H,40,43)/b7-5-,11-10-,14-13-,17-16-,20-19-. The summed E-state index contributed by atoms with van der Waals surface area (Å²) in [5.74, 6) is -0.0481. The van der Waals surface area contributed by atoms with Gasteiger partial charge in [0.15, 0.2) is 0 Å². The summed E-state index contributed by atoms with van der Waals surface area (Å²) in [6, 6.07) is -0.535. The fraction of sp³-hybridized carbons (Fsp3) is 0.718. The van der Waals surface area contributed by atoms with Gasteiger partial charge in [0.1, 0.15) is 0 Å². The monoisotopic (exact) mass is 600 g/mol. The van der Waals surface area contributed by atoms with E-state index in [1.807, 2.05) is 0 Å². The van der Waals surface area contributed by atoms with Crippen molar-refractivity contribution in [2.45, 2.75) is 174 Å². The molecule has 0 rings (SSSR count). The van der Waals surface area contributed by atoms with Crippen molar-refractivity contribution in [2.24, 2.45) is 0 Å². The zero-order valence-corrected chi connectivity index (χ0v) is 28.2. The number of hydrogen-bond acceptors (Lipinski definition) is 3. The fourth-order valence-corrected chi connectivity index (χ4v) is 5.03. The van der Waals surface area contributed by atoms with Crippen LogP contribution in [0.4, 0.5) is 0 Å². The van der Waals surface area contributed by atoms with Crippen LogP contribution >= 0.6 is 0 Å². The minimum Gasteiger partial charge on any atom is -0.394 e. The molecule has 0 aromatic carbocycles. The highest BCUT2D eigenvalue weighted by Gasteiger charge is 2.19. The molecule has 43 heavy (non-hydrogen) atoms. The minimum absolute atomic E-state index is 0.0481. The number of amides is 1. The van der Waals surface area contributed by atoms with Crippen molar-refractivity contribution < 1.29 is 15.0 Å². The lowest BCUT2D eigenvalue weighted by Crippen LogP contribution is -2.45. The molecule has 0 heterocycles. The van der Waals surface area contributed by atoms with Gasteiger partial charge < -0.3 is 15.5 Å². The molecular weight excluding hydrogens is 530 g/mol. The Morgan fingerprint density at radius 3 is 1.51 bits per heavy atom. The Labute approximate surface area is 266 Å². The normalized spacial score (nSPS) is 13.9. The Balaban J connectivity index is 3.49. The summed E-state index contributed by atoms with van der Waals surface area (Å²) in [5, 5.41) is 22.6. The van der Waals surface area contributed by atoms with Crippen molar-refractivity contribution in [3.05, 3.63) is 60.8 Å². The van der Waals surface area contributed by atoms with Crippen molar-refractivity contribution in [3.63, 3.8) is 0 Å². The predicted octanol–water partition coefficient (Wildman–Crippen LogP) is 10.6. The van der Waals surface area contributed by atoms with Gasteiger partial charge in [-0.2, -0.15) is 0 Å². The van der Waals surface area contributed by atoms with Gasteiger partial charge in [-0.15, -0.1) is 0 Å². The lowest BCUT2D eigenvalue weighted by Gasteiger charge is -2.22. The van der Waals surface area contributed by atoms with E-state index < -0.39 is 12.1 Å². The molecule has 3 N–H and O–H groups in total. The smallest absolute Gasteiger partial charge is 0.220 e. The number of carbonyl (C=O) groups excluding carboxylic acids is 1. The quantitative estimate of drug-likeness (QED) is 0.0548. The van der Waals surface area contributed by atoms with Crippen molar-refractivity contribution in [2.75, 3.05) is 6.61 Å². The largest absolute Gasteiger partial charge is 0.394 e. The van der Waals surface area contributed by atoms with Crippen LogP contribution in [0.25, 0.3) is 0 Å². The van der Waals surface area contributed by atoms with Crippen LogP contribution < -0.4 is 5.32 Å². The molecule has 0 radical (unpaired) electrons. The topological polar surface area (TPSA) is 69.6 Å². The average molecular weight is 600 g/mol. The Kier molecular flexibility index (Phi) is 33.0. The molecule has 0 aliphatic heterocycles. The second-order valence-electron chi connectivity index (χ2n) is 11.9. The van der Waals surface area contributed by atoms with E-state index in [4.69, 9.17) is 0 Å². The van der Waals surface area contributed by atoms with Crippen LogP contribution in [-0.4, -0.2) is 34.9 Å². The first-order valence-electron chi connectivity index (χ1n) is 18.0. The maximum atomic E-state index is 12.2. The first-order valence-corrected chi connectivity index (χ1v) is 18.0. The van der Waals surface area contributed by atoms with E-state index >= 15 is 0 Å². The van der Waals surface area contributed by atoms with Crippen LogP contribution in [0, 0.1) is 0 Å². The van der Waals surface area contributed by atoms with E-state index in [1.165, 1.54) is 64.2 Å². The average Bonchev–Trinajstić information content (AvgIpc) is 3.01. The van der Waals surface area contributed by atoms with E-state index in [-0.39, 0.29) is 12.5 Å². The maximum absolute atomic E-state index is 12.2. The molecule has 2 atom stereocenters. The van der Waals surface area contributed by atoms with Gasteiger partial charge in [-0.25, -0.2) is 0 Å². The SMILES string of the molecule is CC/C=C\C/C=C\C/C=C\C/C=C\C/C=C\CCCCCCCCCCCCCC(=O)NC(CO)C(O)CCCCCC. The first-order chi connectivity index (χ1) is 21.2. The third-order valence-electron chi connectivity index (χ3n) is 7.79. The minimum atomic E-state index is -0.658. The third-order valence-corrected chi connectivity index (χ3v) is 7.79. The molecule has 4 heteroatoms. The summed E-state index contributed by atoms with van der Waals surface area (Å²) in [7, 11) is 0. The molecule has 4 nitrogen and oxygen atoms in total. The van der Waals surface area contributed by atoms with Crippen molar-refractivity contribution in [3.8, 4) is 0 Å². The van der Waals surface area contributed by atoms with Crippen LogP contribution in [0.15, 0.2) is 60.8 Å². The van der Waals surface area contributed by atoms with Gasteiger partial charge in [0.25, 0.3) is 0 Å². The predicted molar refractivity (Wildman–Crippen MR) is 188 cm³/mol. The summed E-state index contributed by atoms with van der Waals surface area (Å²) in [4.78, 5) is 12.2. The number of hydrogen-bond donors (Lipinski definition) is 3. The molecule has 0 aromatic rings. The van der Waals surface area contributed by atoms with Crippen LogP contribution in [0.2, 0.25) is 0 Å². The van der Waals surface area contributed by atoms with E-state index in [0.717, 1.165) is 70.6 Å². The molecule has 0 bridgehead atoms. The lowest BCUT2D eigenvalue weighted by atomic mass is 10.0. The Bertz CT molecular complexity index is 737. The fourth-order valence-electron chi connectivity index (χ4n) is 5.03. The highest BCUT2D eigenvalue weighted by molar-refractivity contribution is 5.76. The van der Waals surface area contributed by atoms with Crippen LogP contribution in [0.3, 0.4) is 0 Å². The van der Waals surface area contributed by atoms with Crippen molar-refractivity contribution in [1.29, 1.82) is 0 Å². The van der Waals surface area contributed by atoms with Gasteiger partial charge in [-0.05, 0) is 57.8 Å². The first kappa shape index (κ1) is 41.1. The Hall–Kier alpha value is -1.91. The number of aliphatic hydroxyl groups excluding tert-OH is 2. The molecule has 0 fully saturated rings. The number of carbonyl (C=O) groups is 1. The van der Waals surface area contributed by atoms with Crippen LogP contribution in [0.1, 0.15) is 162 Å². The summed E-state index contributed by atoms with van der Waals surface area (Å²) in [5.41, 5.74) is 0. The molecule has 0 saturated heterocycles. The zero-order chi connectivity index (χ0) is 31.5. The molecule has 0 aromatic heterocycles. The maximum Gasteiger partial charge on any atom is 0.220 e. The second kappa shape index (κ2) is 34.6. The summed E-state index contributed by atoms with van der Waals surface area (Å²) in [6.45, 7) is 4.12. The van der Waals surface area contributed by atoms with Gasteiger partial charge in [0, 0.05) is 6.42 Å². The summed E-state index contributed by atoms with van der Waals surface area (Å²) < 4.78 is 0. The molecule has 0 spiro atoms. The molecule has 0 saturated carbocycles. The molecule has 2 unspecified atom stereocenters. The van der Waals surface area contributed by atoms with E-state index in [0.29, 0.717) is 12.8 Å². The molecule has 0 aliphatic carbocycles. The van der Waals surface area contributed by atoms with Gasteiger partial charge >= 0.3 is 0 Å². The summed E-state index contributed by atoms with van der Waals surface area (Å²) >= 11 is 0. The number of allylic oxidation sites excluding steroid dienone is 10. The van der Waals surface area contributed by atoms with Gasteiger partial charge in [-0.3, -0.25) is 4.79 Å². The number of aliphatic hydroxyl groups is 2. The van der Waals surface area contributed by atoms with Gasteiger partial charge in [0.05, 0.1) is 18.8 Å². The van der Waals surface area contributed by atoms with Gasteiger partial charge in [-0.1, -0.05) is 158 Å². The van der Waals surface area contributed by atoms with Crippen LogP contribution in [0.5, 0.6) is 0 Å². The Morgan fingerprint density at radius 1 is 0.581 bits per heavy atom. The molecule has 248 valence electrons. The van der Waals surface area contributed by atoms with E-state index in [1.54, 1.807) is 0 Å². The van der Waals surface area contributed by atoms with E-state index in [9.17, 15) is 15.0 Å². The second-order valence-corrected chi connectivity index (χ2v) is 11.9. The van der Waals surface area contributed by atoms with Crippen LogP contribution in [-0.2, 0) is 4.79 Å². The zero-order valence-electron chi connectivity index (χ0n) is 28.2. The Morgan fingerprint density at radius 2 is 1.02 bits per heavy atom. The number of nitrogens with one attached hydrogen (secondary N) is 1. The molecule has 0 aliphatic rings. The number of unbranched alkanes of at least 4 members (excludes halogenated alkanes) is 14. The van der Waals surface area contributed by atoms with E-state index in [2.05, 4.69) is 79.9 Å².